The van der Waals surface area contributed by atoms with E-state index in [9.17, 15) is 14.4 Å². The van der Waals surface area contributed by atoms with Crippen LogP contribution in [0.25, 0.3) is 0 Å². The lowest BCUT2D eigenvalue weighted by atomic mass is 10.0. The van der Waals surface area contributed by atoms with Gasteiger partial charge in [0, 0.05) is 6.54 Å². The van der Waals surface area contributed by atoms with Gasteiger partial charge in [0.2, 0.25) is 5.91 Å². The van der Waals surface area contributed by atoms with Crippen LogP contribution in [0.4, 0.5) is 4.79 Å². The van der Waals surface area contributed by atoms with E-state index in [0.29, 0.717) is 6.54 Å². The molecule has 1 saturated carbocycles. The summed E-state index contributed by atoms with van der Waals surface area (Å²) in [5.74, 6) is -1.64. The number of amides is 3. The fraction of sp³-hybridized carbons (Fsp3) is 0.750. The molecule has 7 heteroatoms. The van der Waals surface area contributed by atoms with Crippen molar-refractivity contribution in [1.29, 1.82) is 0 Å². The molecule has 0 spiro atoms. The van der Waals surface area contributed by atoms with Crippen molar-refractivity contribution in [3.63, 3.8) is 0 Å². The van der Waals surface area contributed by atoms with Gasteiger partial charge in [0.1, 0.15) is 6.54 Å². The van der Waals surface area contributed by atoms with Crippen molar-refractivity contribution < 1.29 is 19.5 Å². The van der Waals surface area contributed by atoms with Crippen molar-refractivity contribution in [3.8, 4) is 0 Å². The molecule has 108 valence electrons. The monoisotopic (exact) mass is 271 g/mol. The van der Waals surface area contributed by atoms with Crippen LogP contribution < -0.4 is 16.0 Å². The molecule has 0 aromatic carbocycles. The van der Waals surface area contributed by atoms with Gasteiger partial charge in [-0.05, 0) is 24.7 Å². The summed E-state index contributed by atoms with van der Waals surface area (Å²) in [5.41, 5.74) is 0.262. The van der Waals surface area contributed by atoms with E-state index in [4.69, 9.17) is 5.11 Å². The zero-order valence-corrected chi connectivity index (χ0v) is 11.1. The molecule has 1 aliphatic carbocycles. The Hall–Kier alpha value is -1.79. The van der Waals surface area contributed by atoms with Crippen LogP contribution in [0.1, 0.15) is 32.6 Å². The number of carbonyl (C=O) groups excluding carboxylic acids is 2. The van der Waals surface area contributed by atoms with E-state index in [1.54, 1.807) is 0 Å². The van der Waals surface area contributed by atoms with Crippen LogP contribution in [-0.4, -0.2) is 42.6 Å². The Labute approximate surface area is 112 Å². The van der Waals surface area contributed by atoms with E-state index >= 15 is 0 Å². The van der Waals surface area contributed by atoms with Gasteiger partial charge in [-0.1, -0.05) is 13.3 Å². The molecule has 0 aliphatic heterocycles. The molecule has 1 rings (SSSR count). The third-order valence-electron chi connectivity index (χ3n) is 3.21. The molecule has 0 heterocycles. The Balaban J connectivity index is 2.11. The second-order valence-corrected chi connectivity index (χ2v) is 4.96. The zero-order valence-electron chi connectivity index (χ0n) is 11.1. The standard InChI is InChI=1S/C12H21N3O4/c1-2-3-12(4-5-12)8-15-11(19)14-6-9(16)13-7-10(17)18/h2-8H2,1H3,(H,13,16)(H,17,18)(H2,14,15,19). The number of rotatable bonds is 8. The Bertz CT molecular complexity index is 353. The number of carboxylic acid groups (broad SMARTS) is 1. The van der Waals surface area contributed by atoms with Crippen molar-refractivity contribution >= 4 is 17.9 Å². The number of hydrogen-bond donors (Lipinski definition) is 4. The zero-order chi connectivity index (χ0) is 14.3. The first-order valence-corrected chi connectivity index (χ1v) is 6.48. The topological polar surface area (TPSA) is 108 Å². The van der Waals surface area contributed by atoms with Gasteiger partial charge in [-0.3, -0.25) is 9.59 Å². The minimum atomic E-state index is -1.12. The lowest BCUT2D eigenvalue weighted by Gasteiger charge is -2.15. The van der Waals surface area contributed by atoms with Crippen LogP contribution in [0.2, 0.25) is 0 Å². The molecule has 0 atom stereocenters. The molecule has 0 bridgehead atoms. The van der Waals surface area contributed by atoms with Gasteiger partial charge in [-0.2, -0.15) is 0 Å². The fourth-order valence-electron chi connectivity index (χ4n) is 1.95. The summed E-state index contributed by atoms with van der Waals surface area (Å²) in [7, 11) is 0. The van der Waals surface area contributed by atoms with Crippen molar-refractivity contribution in [2.45, 2.75) is 32.6 Å². The summed E-state index contributed by atoms with van der Waals surface area (Å²) >= 11 is 0. The Morgan fingerprint density at radius 2 is 1.79 bits per heavy atom. The molecule has 1 fully saturated rings. The van der Waals surface area contributed by atoms with E-state index in [1.807, 2.05) is 0 Å². The maximum absolute atomic E-state index is 11.4. The third-order valence-corrected chi connectivity index (χ3v) is 3.21. The largest absolute Gasteiger partial charge is 0.480 e. The van der Waals surface area contributed by atoms with Gasteiger partial charge in [-0.15, -0.1) is 0 Å². The first-order valence-electron chi connectivity index (χ1n) is 6.48. The highest BCUT2D eigenvalue weighted by Crippen LogP contribution is 2.48. The summed E-state index contributed by atoms with van der Waals surface area (Å²) in [6, 6.07) is -0.396. The van der Waals surface area contributed by atoms with Crippen molar-refractivity contribution in [1.82, 2.24) is 16.0 Å². The maximum atomic E-state index is 11.4. The summed E-state index contributed by atoms with van der Waals surface area (Å²) in [6.45, 7) is 2.08. The van der Waals surface area contributed by atoms with Crippen LogP contribution in [0.3, 0.4) is 0 Å². The fourth-order valence-corrected chi connectivity index (χ4v) is 1.95. The summed E-state index contributed by atoms with van der Waals surface area (Å²) in [6.07, 6.45) is 4.48. The molecule has 0 radical (unpaired) electrons. The number of hydrogen-bond acceptors (Lipinski definition) is 3. The molecule has 19 heavy (non-hydrogen) atoms. The van der Waals surface area contributed by atoms with Crippen LogP contribution in [0, 0.1) is 5.41 Å². The lowest BCUT2D eigenvalue weighted by Crippen LogP contribution is -2.44. The molecule has 3 amide bonds. The van der Waals surface area contributed by atoms with E-state index in [-0.39, 0.29) is 12.0 Å². The number of nitrogens with one attached hydrogen (secondary N) is 3. The number of aliphatic carboxylic acids is 1. The second kappa shape index (κ2) is 6.96. The Kier molecular flexibility index (Phi) is 5.59. The van der Waals surface area contributed by atoms with Gasteiger partial charge in [0.05, 0.1) is 6.54 Å². The predicted octanol–water partition coefficient (Wildman–Crippen LogP) is 0.0667. The minimum absolute atomic E-state index is 0.222. The van der Waals surface area contributed by atoms with E-state index in [0.717, 1.165) is 25.7 Å². The number of urea groups is 1. The summed E-state index contributed by atoms with van der Waals surface area (Å²) in [4.78, 5) is 32.8. The molecule has 0 saturated heterocycles. The quantitative estimate of drug-likeness (QED) is 0.501. The molecular formula is C12H21N3O4. The number of carboxylic acids is 1. The molecule has 0 aromatic rings. The molecule has 4 N–H and O–H groups in total. The highest BCUT2D eigenvalue weighted by molar-refractivity contribution is 5.86. The highest BCUT2D eigenvalue weighted by Gasteiger charge is 2.41. The van der Waals surface area contributed by atoms with Crippen molar-refractivity contribution in [2.24, 2.45) is 5.41 Å². The van der Waals surface area contributed by atoms with Crippen LogP contribution in [-0.2, 0) is 9.59 Å². The third kappa shape index (κ3) is 6.08. The van der Waals surface area contributed by atoms with Crippen molar-refractivity contribution in [2.75, 3.05) is 19.6 Å². The molecule has 0 aromatic heterocycles. The second-order valence-electron chi connectivity index (χ2n) is 4.96. The molecule has 1 aliphatic rings. The Morgan fingerprint density at radius 1 is 1.11 bits per heavy atom. The number of carbonyl (C=O) groups is 3. The van der Waals surface area contributed by atoms with Gasteiger partial charge in [0.25, 0.3) is 0 Å². The van der Waals surface area contributed by atoms with Gasteiger partial charge in [-0.25, -0.2) is 4.79 Å². The lowest BCUT2D eigenvalue weighted by molar-refractivity contribution is -0.137. The molecule has 0 unspecified atom stereocenters. The summed E-state index contributed by atoms with van der Waals surface area (Å²) in [5, 5.41) is 15.7. The first-order chi connectivity index (χ1) is 8.97. The molecular weight excluding hydrogens is 250 g/mol. The van der Waals surface area contributed by atoms with E-state index in [2.05, 4.69) is 22.9 Å². The minimum Gasteiger partial charge on any atom is -0.480 e. The van der Waals surface area contributed by atoms with E-state index in [1.165, 1.54) is 0 Å². The van der Waals surface area contributed by atoms with Crippen LogP contribution >= 0.6 is 0 Å². The smallest absolute Gasteiger partial charge is 0.322 e. The van der Waals surface area contributed by atoms with Gasteiger partial charge in [0.15, 0.2) is 0 Å². The van der Waals surface area contributed by atoms with Gasteiger partial charge >= 0.3 is 12.0 Å². The maximum Gasteiger partial charge on any atom is 0.322 e. The molecule has 7 nitrogen and oxygen atoms in total. The predicted molar refractivity (Wildman–Crippen MR) is 68.6 cm³/mol. The highest BCUT2D eigenvalue weighted by atomic mass is 16.4. The first kappa shape index (κ1) is 15.3. The summed E-state index contributed by atoms with van der Waals surface area (Å²) < 4.78 is 0. The van der Waals surface area contributed by atoms with Crippen molar-refractivity contribution in [3.05, 3.63) is 0 Å². The average molecular weight is 271 g/mol. The van der Waals surface area contributed by atoms with Crippen LogP contribution in [0.15, 0.2) is 0 Å². The van der Waals surface area contributed by atoms with Gasteiger partial charge < -0.3 is 21.1 Å². The van der Waals surface area contributed by atoms with Crippen LogP contribution in [0.5, 0.6) is 0 Å². The Morgan fingerprint density at radius 3 is 2.32 bits per heavy atom. The normalized spacial score (nSPS) is 15.4. The average Bonchev–Trinajstić information content (AvgIpc) is 3.12. The SMILES string of the molecule is CCCC1(CNC(=O)NCC(=O)NCC(=O)O)CC1. The van der Waals surface area contributed by atoms with E-state index < -0.39 is 24.5 Å².